The van der Waals surface area contributed by atoms with Crippen LogP contribution in [0.4, 0.5) is 0 Å². The Kier molecular flexibility index (Phi) is 11.4. The molecule has 0 rings (SSSR count). The lowest BCUT2D eigenvalue weighted by Gasteiger charge is -2.45. The zero-order valence-corrected chi connectivity index (χ0v) is 16.0. The van der Waals surface area contributed by atoms with Gasteiger partial charge in [0.1, 0.15) is 5.54 Å². The topological polar surface area (TPSA) is 203 Å². The Morgan fingerprint density at radius 1 is 1.00 bits per heavy atom. The molecule has 4 atom stereocenters. The monoisotopic (exact) mass is 396 g/mol. The van der Waals surface area contributed by atoms with Crippen molar-refractivity contribution in [1.82, 2.24) is 10.6 Å². The van der Waals surface area contributed by atoms with Crippen LogP contribution in [-0.2, 0) is 9.59 Å². The molecule has 0 bridgehead atoms. The van der Waals surface area contributed by atoms with E-state index in [4.69, 9.17) is 35.8 Å². The van der Waals surface area contributed by atoms with Crippen LogP contribution in [-0.4, -0.2) is 65.1 Å². The summed E-state index contributed by atoms with van der Waals surface area (Å²) in [4.78, 5) is 24.2. The maximum absolute atomic E-state index is 12.2. The summed E-state index contributed by atoms with van der Waals surface area (Å²) >= 11 is 0. The number of nitrogens with two attached hydrogens (primary N) is 4. The van der Waals surface area contributed by atoms with E-state index in [1.54, 1.807) is 0 Å². The van der Waals surface area contributed by atoms with E-state index in [1.807, 2.05) is 0 Å². The van der Waals surface area contributed by atoms with Crippen LogP contribution in [0.3, 0.4) is 0 Å². The Balaban J connectivity index is 5.83. The summed E-state index contributed by atoms with van der Waals surface area (Å²) in [5, 5.41) is 25.3. The SMILES string of the molecule is C#CCNC(N)CCC(NCC#C)C(N)(C(=O)O)C(N)(CCCCN)C(=O)O. The Bertz CT molecular complexity index is 602. The highest BCUT2D eigenvalue weighted by Gasteiger charge is 2.60. The summed E-state index contributed by atoms with van der Waals surface area (Å²) in [5.41, 5.74) is 19.1. The van der Waals surface area contributed by atoms with Gasteiger partial charge in [-0.3, -0.25) is 14.9 Å². The molecule has 0 aromatic heterocycles. The second-order valence-electron chi connectivity index (χ2n) is 6.60. The van der Waals surface area contributed by atoms with Crippen LogP contribution >= 0.6 is 0 Å². The number of carboxylic acids is 2. The van der Waals surface area contributed by atoms with Crippen molar-refractivity contribution in [3.8, 4) is 24.7 Å². The summed E-state index contributed by atoms with van der Waals surface area (Å²) in [6.45, 7) is 0.516. The van der Waals surface area contributed by atoms with E-state index in [1.165, 1.54) is 0 Å². The Hall–Kier alpha value is -2.18. The minimum absolute atomic E-state index is 0.0254. The van der Waals surface area contributed by atoms with E-state index in [2.05, 4.69) is 22.5 Å². The number of hydrogen-bond acceptors (Lipinski definition) is 8. The van der Waals surface area contributed by atoms with E-state index >= 15 is 0 Å². The van der Waals surface area contributed by atoms with Gasteiger partial charge in [-0.15, -0.1) is 12.8 Å². The van der Waals surface area contributed by atoms with Crippen molar-refractivity contribution >= 4 is 11.9 Å². The van der Waals surface area contributed by atoms with Gasteiger partial charge in [0.05, 0.1) is 19.3 Å². The number of rotatable bonds is 15. The number of carbonyl (C=O) groups is 2. The average molecular weight is 396 g/mol. The van der Waals surface area contributed by atoms with Crippen molar-refractivity contribution in [2.45, 2.75) is 55.4 Å². The second-order valence-corrected chi connectivity index (χ2v) is 6.60. The van der Waals surface area contributed by atoms with E-state index < -0.39 is 35.2 Å². The summed E-state index contributed by atoms with van der Waals surface area (Å²) in [6.07, 6.45) is 10.9. The largest absolute Gasteiger partial charge is 0.480 e. The number of aliphatic carboxylic acids is 2. The van der Waals surface area contributed by atoms with Gasteiger partial charge in [0.25, 0.3) is 0 Å². The van der Waals surface area contributed by atoms with Gasteiger partial charge in [0.15, 0.2) is 5.54 Å². The van der Waals surface area contributed by atoms with E-state index in [0.717, 1.165) is 0 Å². The van der Waals surface area contributed by atoms with Crippen LogP contribution in [0.5, 0.6) is 0 Å². The molecular formula is C18H32N6O4. The molecule has 0 saturated carbocycles. The van der Waals surface area contributed by atoms with Gasteiger partial charge in [-0.25, -0.2) is 0 Å². The zero-order chi connectivity index (χ0) is 21.8. The average Bonchev–Trinajstić information content (AvgIpc) is 2.65. The number of carboxylic acid groups (broad SMARTS) is 2. The number of terminal acetylenes is 2. The standard InChI is InChI=1S/C18H32N6O4/c1-3-11-23-13(7-8-14(20)24-12-4-2)18(22,16(27)28)17(21,15(25)26)9-5-6-10-19/h1-2,13-14,23-24H,5-12,19-22H2,(H,25,26)(H,27,28). The first kappa shape index (κ1) is 25.8. The van der Waals surface area contributed by atoms with Gasteiger partial charge in [-0.2, -0.15) is 0 Å². The van der Waals surface area contributed by atoms with Crippen molar-refractivity contribution in [1.29, 1.82) is 0 Å². The fourth-order valence-corrected chi connectivity index (χ4v) is 3.00. The number of nitrogens with one attached hydrogen (secondary N) is 2. The molecule has 0 spiro atoms. The van der Waals surface area contributed by atoms with Crippen molar-refractivity contribution in [2.75, 3.05) is 19.6 Å². The van der Waals surface area contributed by atoms with Crippen LogP contribution in [0.15, 0.2) is 0 Å². The zero-order valence-electron chi connectivity index (χ0n) is 16.0. The lowest BCUT2D eigenvalue weighted by Crippen LogP contribution is -2.80. The maximum Gasteiger partial charge on any atom is 0.327 e. The lowest BCUT2D eigenvalue weighted by atomic mass is 9.68. The van der Waals surface area contributed by atoms with Gasteiger partial charge >= 0.3 is 11.9 Å². The highest BCUT2D eigenvalue weighted by Crippen LogP contribution is 2.30. The summed E-state index contributed by atoms with van der Waals surface area (Å²) in [7, 11) is 0. The van der Waals surface area contributed by atoms with Crippen molar-refractivity contribution in [3.63, 3.8) is 0 Å². The normalized spacial score (nSPS) is 17.4. The highest BCUT2D eigenvalue weighted by molar-refractivity contribution is 5.93. The molecule has 0 amide bonds. The Labute approximate surface area is 165 Å². The molecule has 12 N–H and O–H groups in total. The molecule has 0 aliphatic carbocycles. The molecule has 0 aliphatic heterocycles. The van der Waals surface area contributed by atoms with Gasteiger partial charge < -0.3 is 38.5 Å². The van der Waals surface area contributed by atoms with Gasteiger partial charge in [0.2, 0.25) is 0 Å². The van der Waals surface area contributed by atoms with Gasteiger partial charge in [-0.1, -0.05) is 11.8 Å². The Morgan fingerprint density at radius 3 is 2.04 bits per heavy atom. The van der Waals surface area contributed by atoms with Crippen molar-refractivity contribution < 1.29 is 19.8 Å². The van der Waals surface area contributed by atoms with Crippen molar-refractivity contribution in [2.24, 2.45) is 22.9 Å². The third-order valence-electron chi connectivity index (χ3n) is 4.73. The molecule has 0 fully saturated rings. The fraction of sp³-hybridized carbons (Fsp3) is 0.667. The predicted molar refractivity (Wildman–Crippen MR) is 107 cm³/mol. The molecule has 158 valence electrons. The van der Waals surface area contributed by atoms with E-state index in [0.29, 0.717) is 19.4 Å². The second kappa shape index (κ2) is 12.3. The maximum atomic E-state index is 12.2. The molecule has 4 unspecified atom stereocenters. The number of hydrogen-bond donors (Lipinski definition) is 8. The first-order valence-corrected chi connectivity index (χ1v) is 8.95. The first-order valence-electron chi connectivity index (χ1n) is 8.95. The fourth-order valence-electron chi connectivity index (χ4n) is 3.00. The smallest absolute Gasteiger partial charge is 0.327 e. The molecule has 0 aliphatic rings. The minimum Gasteiger partial charge on any atom is -0.480 e. The van der Waals surface area contributed by atoms with Crippen molar-refractivity contribution in [3.05, 3.63) is 0 Å². The summed E-state index contributed by atoms with van der Waals surface area (Å²) in [5.74, 6) is 1.64. The molecule has 10 heteroatoms. The van der Waals surface area contributed by atoms with Crippen LogP contribution < -0.4 is 33.6 Å². The van der Waals surface area contributed by atoms with E-state index in [-0.39, 0.29) is 32.4 Å². The van der Waals surface area contributed by atoms with Crippen LogP contribution in [0, 0.1) is 24.7 Å². The molecule has 0 aromatic rings. The number of unbranched alkanes of at least 4 members (excludes halogenated alkanes) is 1. The quantitative estimate of drug-likeness (QED) is 0.0834. The highest BCUT2D eigenvalue weighted by atomic mass is 16.4. The molecule has 28 heavy (non-hydrogen) atoms. The van der Waals surface area contributed by atoms with Crippen LogP contribution in [0.2, 0.25) is 0 Å². The van der Waals surface area contributed by atoms with Crippen LogP contribution in [0.1, 0.15) is 32.1 Å². The van der Waals surface area contributed by atoms with Crippen LogP contribution in [0.25, 0.3) is 0 Å². The molecule has 0 aromatic carbocycles. The molecular weight excluding hydrogens is 364 g/mol. The Morgan fingerprint density at radius 2 is 1.57 bits per heavy atom. The summed E-state index contributed by atoms with van der Waals surface area (Å²) < 4.78 is 0. The minimum atomic E-state index is -2.35. The first-order chi connectivity index (χ1) is 13.1. The molecule has 0 heterocycles. The summed E-state index contributed by atoms with van der Waals surface area (Å²) in [6, 6.07) is -1.06. The predicted octanol–water partition coefficient (Wildman–Crippen LogP) is -2.44. The third-order valence-corrected chi connectivity index (χ3v) is 4.73. The lowest BCUT2D eigenvalue weighted by molar-refractivity contribution is -0.160. The molecule has 10 nitrogen and oxygen atoms in total. The van der Waals surface area contributed by atoms with Gasteiger partial charge in [-0.05, 0) is 38.6 Å². The molecule has 0 saturated heterocycles. The molecule has 0 radical (unpaired) electrons. The van der Waals surface area contributed by atoms with E-state index in [9.17, 15) is 19.8 Å². The van der Waals surface area contributed by atoms with Gasteiger partial charge in [0, 0.05) is 6.04 Å². The third kappa shape index (κ3) is 6.46.